The number of amides is 2. The topological polar surface area (TPSA) is 92.1 Å². The van der Waals surface area contributed by atoms with E-state index in [4.69, 9.17) is 9.72 Å². The highest BCUT2D eigenvalue weighted by Gasteiger charge is 2.22. The Morgan fingerprint density at radius 2 is 1.78 bits per heavy atom. The van der Waals surface area contributed by atoms with Gasteiger partial charge in [0.05, 0.1) is 12.8 Å². The van der Waals surface area contributed by atoms with Gasteiger partial charge in [0, 0.05) is 50.0 Å². The second kappa shape index (κ2) is 10.1. The summed E-state index contributed by atoms with van der Waals surface area (Å²) in [5.41, 5.74) is 4.57. The average molecular weight is 505 g/mol. The second-order valence-corrected chi connectivity index (χ2v) is 9.86. The monoisotopic (exact) mass is 504 g/mol. The lowest BCUT2D eigenvalue weighted by Gasteiger charge is -2.34. The summed E-state index contributed by atoms with van der Waals surface area (Å²) in [5.74, 6) is 0.764. The molecular weight excluding hydrogens is 476 g/mol. The predicted molar refractivity (Wildman–Crippen MR) is 141 cm³/mol. The van der Waals surface area contributed by atoms with Gasteiger partial charge in [0.15, 0.2) is 0 Å². The van der Waals surface area contributed by atoms with Gasteiger partial charge < -0.3 is 15.0 Å². The fourth-order valence-corrected chi connectivity index (χ4v) is 5.08. The van der Waals surface area contributed by atoms with Crippen molar-refractivity contribution in [3.05, 3.63) is 75.7 Å². The zero-order valence-electron chi connectivity index (χ0n) is 20.5. The van der Waals surface area contributed by atoms with Crippen LogP contribution in [0.3, 0.4) is 0 Å². The van der Waals surface area contributed by atoms with E-state index in [1.165, 1.54) is 21.4 Å². The molecule has 9 nitrogen and oxygen atoms in total. The van der Waals surface area contributed by atoms with Crippen molar-refractivity contribution in [1.82, 2.24) is 24.4 Å². The van der Waals surface area contributed by atoms with Gasteiger partial charge in [0.1, 0.15) is 10.8 Å². The molecule has 36 heavy (non-hydrogen) atoms. The number of nitrogens with one attached hydrogen (secondary N) is 1. The van der Waals surface area contributed by atoms with Gasteiger partial charge in [0.2, 0.25) is 4.96 Å². The van der Waals surface area contributed by atoms with Gasteiger partial charge >= 0.3 is 6.03 Å². The summed E-state index contributed by atoms with van der Waals surface area (Å²) in [6, 6.07) is 14.9. The molecule has 0 aliphatic carbocycles. The molecule has 2 aromatic heterocycles. The van der Waals surface area contributed by atoms with E-state index in [2.05, 4.69) is 22.2 Å². The fourth-order valence-electron chi connectivity index (χ4n) is 4.15. The number of hydrogen-bond donors (Lipinski definition) is 1. The minimum Gasteiger partial charge on any atom is -0.497 e. The first-order valence-electron chi connectivity index (χ1n) is 11.8. The Morgan fingerprint density at radius 1 is 1.03 bits per heavy atom. The minimum atomic E-state index is -0.197. The molecule has 186 valence electrons. The number of nitrogens with zero attached hydrogens (tertiary/aromatic N) is 5. The number of urea groups is 1. The van der Waals surface area contributed by atoms with Gasteiger partial charge in [-0.1, -0.05) is 17.4 Å². The van der Waals surface area contributed by atoms with E-state index < -0.39 is 0 Å². The number of piperazine rings is 1. The number of rotatable bonds is 5. The van der Waals surface area contributed by atoms with Crippen LogP contribution < -0.4 is 15.6 Å². The van der Waals surface area contributed by atoms with Crippen molar-refractivity contribution in [2.24, 2.45) is 0 Å². The number of fused-ring (bicyclic) bond motifs is 1. The van der Waals surface area contributed by atoms with E-state index in [1.807, 2.05) is 54.3 Å². The number of carbonyl (C=O) groups is 1. The van der Waals surface area contributed by atoms with E-state index in [1.54, 1.807) is 13.2 Å². The molecular formula is C26H28N6O3S. The molecule has 0 radical (unpaired) electrons. The summed E-state index contributed by atoms with van der Waals surface area (Å²) in [7, 11) is 1.62. The molecule has 0 atom stereocenters. The highest BCUT2D eigenvalue weighted by Crippen LogP contribution is 2.26. The molecule has 0 saturated carbocycles. The first-order chi connectivity index (χ1) is 17.4. The SMILES string of the molecule is COc1ccc(-c2nn3c(=O)cc(CN4CCN(C(=O)Nc5ccc(C)c(C)c5)CC4)nc3s2)cc1. The molecule has 0 spiro atoms. The number of carbonyl (C=O) groups excluding carboxylic acids is 1. The molecule has 3 heterocycles. The van der Waals surface area contributed by atoms with E-state index in [-0.39, 0.29) is 11.6 Å². The van der Waals surface area contributed by atoms with Crippen LogP contribution in [0.25, 0.3) is 15.5 Å². The normalized spacial score (nSPS) is 14.2. The Hall–Kier alpha value is -3.76. The number of hydrogen-bond acceptors (Lipinski definition) is 7. The van der Waals surface area contributed by atoms with E-state index >= 15 is 0 Å². The van der Waals surface area contributed by atoms with Crippen LogP contribution in [0.4, 0.5) is 10.5 Å². The molecule has 1 fully saturated rings. The van der Waals surface area contributed by atoms with Crippen LogP contribution >= 0.6 is 11.3 Å². The van der Waals surface area contributed by atoms with Crippen molar-refractivity contribution >= 4 is 28.0 Å². The number of benzene rings is 2. The Balaban J connectivity index is 1.22. The van der Waals surface area contributed by atoms with Crippen LogP contribution in [0.1, 0.15) is 16.8 Å². The smallest absolute Gasteiger partial charge is 0.321 e. The lowest BCUT2D eigenvalue weighted by Crippen LogP contribution is -2.49. The van der Waals surface area contributed by atoms with Crippen LogP contribution in [-0.4, -0.2) is 63.7 Å². The lowest BCUT2D eigenvalue weighted by molar-refractivity contribution is 0.142. The van der Waals surface area contributed by atoms with Gasteiger partial charge in [-0.05, 0) is 61.4 Å². The number of ether oxygens (including phenoxy) is 1. The van der Waals surface area contributed by atoms with Gasteiger partial charge in [-0.15, -0.1) is 0 Å². The first-order valence-corrected chi connectivity index (χ1v) is 12.6. The van der Waals surface area contributed by atoms with Crippen molar-refractivity contribution in [2.75, 3.05) is 38.6 Å². The minimum absolute atomic E-state index is 0.0913. The third kappa shape index (κ3) is 5.09. The molecule has 1 aliphatic heterocycles. The third-order valence-electron chi connectivity index (χ3n) is 6.44. The second-order valence-electron chi connectivity index (χ2n) is 8.91. The van der Waals surface area contributed by atoms with E-state index in [9.17, 15) is 9.59 Å². The number of aryl methyl sites for hydroxylation is 2. The first kappa shape index (κ1) is 24.0. The van der Waals surface area contributed by atoms with Crippen LogP contribution in [0.15, 0.2) is 53.3 Å². The highest BCUT2D eigenvalue weighted by atomic mass is 32.1. The highest BCUT2D eigenvalue weighted by molar-refractivity contribution is 7.19. The Bertz CT molecular complexity index is 1460. The standard InChI is InChI=1S/C26H28N6O3S/c1-17-4-7-20(14-18(17)2)27-25(34)31-12-10-30(11-13-31)16-21-15-23(33)32-26(28-21)36-24(29-32)19-5-8-22(35-3)9-6-19/h4-9,14-15H,10-13,16H2,1-3H3,(H,27,34). The van der Waals surface area contributed by atoms with Crippen molar-refractivity contribution < 1.29 is 9.53 Å². The van der Waals surface area contributed by atoms with Crippen molar-refractivity contribution in [3.63, 3.8) is 0 Å². The summed E-state index contributed by atoms with van der Waals surface area (Å²) in [6.07, 6.45) is 0. The van der Waals surface area contributed by atoms with Crippen LogP contribution in [0.2, 0.25) is 0 Å². The maximum Gasteiger partial charge on any atom is 0.321 e. The summed E-state index contributed by atoms with van der Waals surface area (Å²) >= 11 is 1.38. The Morgan fingerprint density at radius 3 is 2.47 bits per heavy atom. The predicted octanol–water partition coefficient (Wildman–Crippen LogP) is 3.79. The maximum absolute atomic E-state index is 12.7. The van der Waals surface area contributed by atoms with Crippen LogP contribution in [0, 0.1) is 13.8 Å². The summed E-state index contributed by atoms with van der Waals surface area (Å²) < 4.78 is 6.56. The zero-order valence-corrected chi connectivity index (χ0v) is 21.3. The molecule has 5 rings (SSSR count). The molecule has 0 bridgehead atoms. The van der Waals surface area contributed by atoms with Crippen molar-refractivity contribution in [3.8, 4) is 16.3 Å². The molecule has 1 saturated heterocycles. The van der Waals surface area contributed by atoms with Gasteiger partial charge in [-0.2, -0.15) is 9.61 Å². The molecule has 10 heteroatoms. The molecule has 2 amide bonds. The Kier molecular flexibility index (Phi) is 6.71. The largest absolute Gasteiger partial charge is 0.497 e. The van der Waals surface area contributed by atoms with Crippen LogP contribution in [-0.2, 0) is 6.54 Å². The van der Waals surface area contributed by atoms with Gasteiger partial charge in [-0.3, -0.25) is 9.69 Å². The van der Waals surface area contributed by atoms with Crippen molar-refractivity contribution in [2.45, 2.75) is 20.4 Å². The summed E-state index contributed by atoms with van der Waals surface area (Å²) in [4.78, 5) is 34.7. The fraction of sp³-hybridized carbons (Fsp3) is 0.308. The third-order valence-corrected chi connectivity index (χ3v) is 7.40. The molecule has 0 unspecified atom stereocenters. The van der Waals surface area contributed by atoms with Crippen molar-refractivity contribution in [1.29, 1.82) is 0 Å². The summed E-state index contributed by atoms with van der Waals surface area (Å²) in [6.45, 7) is 7.28. The number of anilines is 1. The lowest BCUT2D eigenvalue weighted by atomic mass is 10.1. The van der Waals surface area contributed by atoms with E-state index in [0.29, 0.717) is 43.4 Å². The van der Waals surface area contributed by atoms with Crippen LogP contribution in [0.5, 0.6) is 5.75 Å². The number of methoxy groups -OCH3 is 1. The van der Waals surface area contributed by atoms with Gasteiger partial charge in [-0.25, -0.2) is 9.78 Å². The van der Waals surface area contributed by atoms with Gasteiger partial charge in [0.25, 0.3) is 5.56 Å². The molecule has 4 aromatic rings. The molecule has 2 aromatic carbocycles. The maximum atomic E-state index is 12.7. The Labute approximate surface area is 213 Å². The molecule has 1 aliphatic rings. The quantitative estimate of drug-likeness (QED) is 0.445. The van der Waals surface area contributed by atoms with E-state index in [0.717, 1.165) is 27.6 Å². The average Bonchev–Trinajstić information content (AvgIpc) is 3.31. The number of aromatic nitrogens is 3. The zero-order chi connectivity index (χ0) is 25.2. The summed E-state index contributed by atoms with van der Waals surface area (Å²) in [5, 5.41) is 8.17. The molecule has 1 N–H and O–H groups in total.